The lowest BCUT2D eigenvalue weighted by atomic mass is 10.2. The minimum absolute atomic E-state index is 0.259. The van der Waals surface area contributed by atoms with E-state index < -0.39 is 0 Å². The van der Waals surface area contributed by atoms with Crippen LogP contribution in [0.3, 0.4) is 0 Å². The van der Waals surface area contributed by atoms with Crippen LogP contribution in [0, 0.1) is 0 Å². The quantitative estimate of drug-likeness (QED) is 0.450. The van der Waals surface area contributed by atoms with Crippen LogP contribution in [0.5, 0.6) is 0 Å². The molecule has 4 rings (SSSR count). The molecule has 10 heteroatoms. The molecular weight excluding hydrogens is 401 g/mol. The Balaban J connectivity index is 1.52. The number of aromatic nitrogens is 6. The predicted molar refractivity (Wildman–Crippen MR) is 109 cm³/mol. The molecule has 1 aromatic carbocycles. The van der Waals surface area contributed by atoms with E-state index >= 15 is 0 Å². The summed E-state index contributed by atoms with van der Waals surface area (Å²) in [7, 11) is 0. The SMILES string of the molecule is O=c1[nH]c2cnc(NCCCn3ccnc3)nc2n1Cc1cccc(Cl)c1Cl. The summed E-state index contributed by atoms with van der Waals surface area (Å²) in [6.07, 6.45) is 7.93. The molecular formula is C18H17Cl2N7O. The van der Waals surface area contributed by atoms with Gasteiger partial charge in [-0.2, -0.15) is 4.98 Å². The van der Waals surface area contributed by atoms with Crippen molar-refractivity contribution in [3.05, 3.63) is 69.2 Å². The summed E-state index contributed by atoms with van der Waals surface area (Å²) in [5.41, 5.74) is 1.53. The van der Waals surface area contributed by atoms with Crippen molar-refractivity contribution in [2.24, 2.45) is 0 Å². The Morgan fingerprint density at radius 2 is 2.14 bits per heavy atom. The van der Waals surface area contributed by atoms with Crippen molar-refractivity contribution >= 4 is 40.3 Å². The van der Waals surface area contributed by atoms with Gasteiger partial charge in [0.25, 0.3) is 0 Å². The second kappa shape index (κ2) is 8.04. The minimum atomic E-state index is -0.280. The van der Waals surface area contributed by atoms with Crippen LogP contribution < -0.4 is 11.0 Å². The van der Waals surface area contributed by atoms with E-state index in [2.05, 4.69) is 25.3 Å². The molecule has 0 bridgehead atoms. The van der Waals surface area contributed by atoms with Crippen LogP contribution >= 0.6 is 23.2 Å². The average Bonchev–Trinajstić information content (AvgIpc) is 3.31. The fourth-order valence-corrected chi connectivity index (χ4v) is 3.28. The Kier molecular flexibility index (Phi) is 5.31. The molecule has 0 saturated heterocycles. The van der Waals surface area contributed by atoms with Gasteiger partial charge in [0.05, 0.1) is 29.1 Å². The number of nitrogens with one attached hydrogen (secondary N) is 2. The van der Waals surface area contributed by atoms with Gasteiger partial charge in [-0.15, -0.1) is 0 Å². The fourth-order valence-electron chi connectivity index (χ4n) is 2.90. The number of rotatable bonds is 7. The van der Waals surface area contributed by atoms with Crippen LogP contribution in [0.1, 0.15) is 12.0 Å². The zero-order valence-corrected chi connectivity index (χ0v) is 16.3. The van der Waals surface area contributed by atoms with Gasteiger partial charge >= 0.3 is 5.69 Å². The summed E-state index contributed by atoms with van der Waals surface area (Å²) in [5, 5.41) is 4.06. The molecule has 3 aromatic heterocycles. The Morgan fingerprint density at radius 3 is 2.96 bits per heavy atom. The minimum Gasteiger partial charge on any atom is -0.354 e. The van der Waals surface area contributed by atoms with Crippen molar-refractivity contribution in [2.75, 3.05) is 11.9 Å². The number of hydrogen-bond donors (Lipinski definition) is 2. The molecule has 0 radical (unpaired) electrons. The van der Waals surface area contributed by atoms with Gasteiger partial charge in [0.15, 0.2) is 5.65 Å². The van der Waals surface area contributed by atoms with Crippen LogP contribution in [0.25, 0.3) is 11.2 Å². The molecule has 0 aliphatic rings. The molecule has 144 valence electrons. The normalized spacial score (nSPS) is 11.2. The second-order valence-corrected chi connectivity index (χ2v) is 7.03. The largest absolute Gasteiger partial charge is 0.354 e. The summed E-state index contributed by atoms with van der Waals surface area (Å²) >= 11 is 12.3. The number of halogens is 2. The summed E-state index contributed by atoms with van der Waals surface area (Å²) in [6, 6.07) is 5.33. The van der Waals surface area contributed by atoms with Crippen LogP contribution in [-0.2, 0) is 13.1 Å². The van der Waals surface area contributed by atoms with E-state index in [1.165, 1.54) is 4.57 Å². The Labute approximate surface area is 170 Å². The standard InChI is InChI=1S/C18H17Cl2N7O/c19-13-4-1-3-12(15(13)20)10-27-16-14(24-18(27)28)9-23-17(25-16)22-5-2-7-26-8-6-21-11-26/h1,3-4,6,8-9,11H,2,5,7,10H2,(H,24,28)(H,22,23,25). The average molecular weight is 418 g/mol. The van der Waals surface area contributed by atoms with Crippen LogP contribution in [0.4, 0.5) is 5.95 Å². The highest BCUT2D eigenvalue weighted by molar-refractivity contribution is 6.42. The van der Waals surface area contributed by atoms with E-state index in [1.807, 2.05) is 16.8 Å². The number of H-pyrrole nitrogens is 1. The fraction of sp³-hybridized carbons (Fsp3) is 0.222. The maximum atomic E-state index is 12.4. The van der Waals surface area contributed by atoms with Gasteiger partial charge in [-0.05, 0) is 18.1 Å². The van der Waals surface area contributed by atoms with Gasteiger partial charge < -0.3 is 14.9 Å². The summed E-state index contributed by atoms with van der Waals surface area (Å²) < 4.78 is 3.52. The van der Waals surface area contributed by atoms with E-state index in [1.54, 1.807) is 30.9 Å². The lowest BCUT2D eigenvalue weighted by molar-refractivity contribution is 0.659. The highest BCUT2D eigenvalue weighted by atomic mass is 35.5. The molecule has 4 aromatic rings. The zero-order valence-electron chi connectivity index (χ0n) is 14.8. The maximum Gasteiger partial charge on any atom is 0.328 e. The number of hydrogen-bond acceptors (Lipinski definition) is 5. The van der Waals surface area contributed by atoms with Gasteiger partial charge in [-0.3, -0.25) is 4.57 Å². The van der Waals surface area contributed by atoms with Gasteiger partial charge in [0.1, 0.15) is 5.52 Å². The number of imidazole rings is 2. The third-order valence-corrected chi connectivity index (χ3v) is 5.16. The van der Waals surface area contributed by atoms with E-state index in [-0.39, 0.29) is 12.2 Å². The van der Waals surface area contributed by atoms with E-state index in [0.717, 1.165) is 18.5 Å². The smallest absolute Gasteiger partial charge is 0.328 e. The number of nitrogens with zero attached hydrogens (tertiary/aromatic N) is 5. The number of aromatic amines is 1. The predicted octanol–water partition coefficient (Wildman–Crippen LogP) is 3.17. The lowest BCUT2D eigenvalue weighted by Crippen LogP contribution is -2.18. The monoisotopic (exact) mass is 417 g/mol. The third-order valence-electron chi connectivity index (χ3n) is 4.31. The molecule has 3 heterocycles. The first-order valence-corrected chi connectivity index (χ1v) is 9.45. The van der Waals surface area contributed by atoms with Crippen molar-refractivity contribution in [3.63, 3.8) is 0 Å². The van der Waals surface area contributed by atoms with Crippen molar-refractivity contribution in [1.82, 2.24) is 29.1 Å². The molecule has 28 heavy (non-hydrogen) atoms. The molecule has 0 aliphatic carbocycles. The maximum absolute atomic E-state index is 12.4. The number of anilines is 1. The first-order valence-electron chi connectivity index (χ1n) is 8.70. The number of benzene rings is 1. The number of fused-ring (bicyclic) bond motifs is 1. The zero-order chi connectivity index (χ0) is 19.5. The van der Waals surface area contributed by atoms with Crippen LogP contribution in [0.2, 0.25) is 10.0 Å². The summed E-state index contributed by atoms with van der Waals surface area (Å²) in [4.78, 5) is 27.9. The molecule has 0 atom stereocenters. The Bertz CT molecular complexity index is 1150. The van der Waals surface area contributed by atoms with Crippen molar-refractivity contribution < 1.29 is 0 Å². The van der Waals surface area contributed by atoms with Gasteiger partial charge in [-0.25, -0.2) is 14.8 Å². The third kappa shape index (κ3) is 3.88. The Morgan fingerprint density at radius 1 is 1.25 bits per heavy atom. The first kappa shape index (κ1) is 18.5. The molecule has 0 aliphatic heterocycles. The highest BCUT2D eigenvalue weighted by Crippen LogP contribution is 2.26. The van der Waals surface area contributed by atoms with E-state index in [4.69, 9.17) is 23.2 Å². The second-order valence-electron chi connectivity index (χ2n) is 6.24. The molecule has 0 spiro atoms. The Hall–Kier alpha value is -2.84. The molecule has 0 saturated carbocycles. The van der Waals surface area contributed by atoms with Crippen LogP contribution in [0.15, 0.2) is 47.9 Å². The first-order chi connectivity index (χ1) is 13.6. The van der Waals surface area contributed by atoms with Crippen LogP contribution in [-0.4, -0.2) is 35.6 Å². The molecule has 0 unspecified atom stereocenters. The highest BCUT2D eigenvalue weighted by Gasteiger charge is 2.13. The van der Waals surface area contributed by atoms with Crippen molar-refractivity contribution in [1.29, 1.82) is 0 Å². The molecule has 2 N–H and O–H groups in total. The van der Waals surface area contributed by atoms with Crippen molar-refractivity contribution in [2.45, 2.75) is 19.5 Å². The number of aryl methyl sites for hydroxylation is 1. The summed E-state index contributed by atoms with van der Waals surface area (Å²) in [5.74, 6) is 0.461. The van der Waals surface area contributed by atoms with E-state index in [0.29, 0.717) is 33.7 Å². The van der Waals surface area contributed by atoms with Gasteiger partial charge in [-0.1, -0.05) is 35.3 Å². The lowest BCUT2D eigenvalue weighted by Gasteiger charge is -2.08. The topological polar surface area (TPSA) is 93.4 Å². The van der Waals surface area contributed by atoms with Crippen molar-refractivity contribution in [3.8, 4) is 0 Å². The van der Waals surface area contributed by atoms with Gasteiger partial charge in [0, 0.05) is 25.5 Å². The van der Waals surface area contributed by atoms with Gasteiger partial charge in [0.2, 0.25) is 5.95 Å². The molecule has 0 fully saturated rings. The van der Waals surface area contributed by atoms with E-state index in [9.17, 15) is 4.79 Å². The summed E-state index contributed by atoms with van der Waals surface area (Å²) in [6.45, 7) is 1.80. The molecule has 0 amide bonds. The molecule has 8 nitrogen and oxygen atoms in total.